The Morgan fingerprint density at radius 3 is 1.04 bits per heavy atom. The van der Waals surface area contributed by atoms with Gasteiger partial charge in [0.05, 0.1) is 0 Å². The maximum Gasteiger partial charge on any atom is -0.0105 e. The van der Waals surface area contributed by atoms with Gasteiger partial charge in [-0.15, -0.1) is 0 Å². The maximum absolute atomic E-state index is 2.21. The molecular formula is C28H30. The molecule has 4 aromatic rings. The Morgan fingerprint density at radius 2 is 0.571 bits per heavy atom. The van der Waals surface area contributed by atoms with E-state index in [1.165, 1.54) is 33.4 Å². The SMILES string of the molecule is CC.CC.c1ccc(-c2ccc(-c3ccccc3-c3ccccc3)cc2)cc1. The smallest absolute Gasteiger partial charge is 0.0105 e. The van der Waals surface area contributed by atoms with Crippen LogP contribution >= 0.6 is 0 Å². The summed E-state index contributed by atoms with van der Waals surface area (Å²) in [6.45, 7) is 8.00. The highest BCUT2D eigenvalue weighted by atomic mass is 14.1. The number of hydrogen-bond donors (Lipinski definition) is 0. The van der Waals surface area contributed by atoms with E-state index in [1.807, 2.05) is 33.8 Å². The molecule has 4 rings (SSSR count). The van der Waals surface area contributed by atoms with E-state index < -0.39 is 0 Å². The van der Waals surface area contributed by atoms with Crippen LogP contribution in [0.1, 0.15) is 27.7 Å². The van der Waals surface area contributed by atoms with Crippen molar-refractivity contribution in [2.45, 2.75) is 27.7 Å². The quantitative estimate of drug-likeness (QED) is 0.340. The third kappa shape index (κ3) is 5.20. The van der Waals surface area contributed by atoms with Crippen molar-refractivity contribution >= 4 is 0 Å². The van der Waals surface area contributed by atoms with Gasteiger partial charge in [0, 0.05) is 0 Å². The van der Waals surface area contributed by atoms with E-state index in [0.29, 0.717) is 0 Å². The normalized spacial score (nSPS) is 9.43. The van der Waals surface area contributed by atoms with E-state index >= 15 is 0 Å². The minimum Gasteiger partial charge on any atom is -0.0683 e. The Bertz CT molecular complexity index is 920. The lowest BCUT2D eigenvalue weighted by atomic mass is 9.93. The molecular weight excluding hydrogens is 336 g/mol. The van der Waals surface area contributed by atoms with E-state index in [1.54, 1.807) is 0 Å². The number of hydrogen-bond acceptors (Lipinski definition) is 0. The molecule has 28 heavy (non-hydrogen) atoms. The van der Waals surface area contributed by atoms with Gasteiger partial charge < -0.3 is 0 Å². The summed E-state index contributed by atoms with van der Waals surface area (Å²) >= 11 is 0. The minimum absolute atomic E-state index is 1.24. The van der Waals surface area contributed by atoms with Gasteiger partial charge in [0.2, 0.25) is 0 Å². The second-order valence-electron chi connectivity index (χ2n) is 5.85. The monoisotopic (exact) mass is 366 g/mol. The van der Waals surface area contributed by atoms with Crippen molar-refractivity contribution in [3.8, 4) is 33.4 Å². The fourth-order valence-corrected chi connectivity index (χ4v) is 3.08. The van der Waals surface area contributed by atoms with Crippen molar-refractivity contribution in [1.82, 2.24) is 0 Å². The molecule has 0 saturated carbocycles. The van der Waals surface area contributed by atoms with Gasteiger partial charge >= 0.3 is 0 Å². The van der Waals surface area contributed by atoms with Crippen LogP contribution in [0.2, 0.25) is 0 Å². The average Bonchev–Trinajstić information content (AvgIpc) is 2.83. The van der Waals surface area contributed by atoms with Crippen molar-refractivity contribution in [2.24, 2.45) is 0 Å². The maximum atomic E-state index is 2.21. The highest BCUT2D eigenvalue weighted by molar-refractivity contribution is 5.84. The van der Waals surface area contributed by atoms with E-state index in [-0.39, 0.29) is 0 Å². The molecule has 0 radical (unpaired) electrons. The topological polar surface area (TPSA) is 0 Å². The Labute approximate surface area is 170 Å². The average molecular weight is 367 g/mol. The highest BCUT2D eigenvalue weighted by Gasteiger charge is 2.06. The molecule has 0 aliphatic carbocycles. The summed E-state index contributed by atoms with van der Waals surface area (Å²) in [5.41, 5.74) is 7.53. The fraction of sp³-hybridized carbons (Fsp3) is 0.143. The molecule has 142 valence electrons. The third-order valence-corrected chi connectivity index (χ3v) is 4.31. The summed E-state index contributed by atoms with van der Waals surface area (Å²) in [6, 6.07) is 38.5. The van der Waals surface area contributed by atoms with Gasteiger partial charge in [-0.2, -0.15) is 0 Å². The predicted molar refractivity (Wildman–Crippen MR) is 125 cm³/mol. The van der Waals surface area contributed by atoms with Crippen LogP contribution in [0.15, 0.2) is 109 Å². The van der Waals surface area contributed by atoms with Gasteiger partial charge in [-0.3, -0.25) is 0 Å². The van der Waals surface area contributed by atoms with Gasteiger partial charge in [-0.1, -0.05) is 137 Å². The molecule has 0 atom stereocenters. The fourth-order valence-electron chi connectivity index (χ4n) is 3.08. The zero-order chi connectivity index (χ0) is 20.2. The van der Waals surface area contributed by atoms with Crippen molar-refractivity contribution in [3.05, 3.63) is 109 Å². The van der Waals surface area contributed by atoms with E-state index in [2.05, 4.69) is 103 Å². The highest BCUT2D eigenvalue weighted by Crippen LogP contribution is 2.33. The molecule has 0 aliphatic heterocycles. The first-order valence-corrected chi connectivity index (χ1v) is 10.2. The van der Waals surface area contributed by atoms with Crippen LogP contribution in [0, 0.1) is 0 Å². The summed E-state index contributed by atoms with van der Waals surface area (Å²) in [6.07, 6.45) is 0. The van der Waals surface area contributed by atoms with Crippen LogP contribution in [0.4, 0.5) is 0 Å². The Morgan fingerprint density at radius 1 is 0.286 bits per heavy atom. The molecule has 0 heterocycles. The molecule has 0 N–H and O–H groups in total. The lowest BCUT2D eigenvalue weighted by Crippen LogP contribution is -1.85. The molecule has 0 saturated heterocycles. The lowest BCUT2D eigenvalue weighted by molar-refractivity contribution is 1.50. The molecule has 4 aromatic carbocycles. The molecule has 0 amide bonds. The predicted octanol–water partition coefficient (Wildman–Crippen LogP) is 8.74. The zero-order valence-corrected chi connectivity index (χ0v) is 17.4. The van der Waals surface area contributed by atoms with E-state index in [0.717, 1.165) is 0 Å². The molecule has 0 aromatic heterocycles. The molecule has 0 heteroatoms. The van der Waals surface area contributed by atoms with E-state index in [9.17, 15) is 0 Å². The zero-order valence-electron chi connectivity index (χ0n) is 17.4. The summed E-state index contributed by atoms with van der Waals surface area (Å²) in [7, 11) is 0. The van der Waals surface area contributed by atoms with Gasteiger partial charge in [0.25, 0.3) is 0 Å². The van der Waals surface area contributed by atoms with Crippen molar-refractivity contribution in [1.29, 1.82) is 0 Å². The van der Waals surface area contributed by atoms with Crippen LogP contribution in [-0.2, 0) is 0 Å². The first-order chi connectivity index (χ1) is 13.9. The first-order valence-electron chi connectivity index (χ1n) is 10.2. The van der Waals surface area contributed by atoms with Gasteiger partial charge in [0.15, 0.2) is 0 Å². The molecule has 0 nitrogen and oxygen atoms in total. The Kier molecular flexibility index (Phi) is 8.75. The van der Waals surface area contributed by atoms with Gasteiger partial charge in [-0.05, 0) is 33.4 Å². The summed E-state index contributed by atoms with van der Waals surface area (Å²) in [5.74, 6) is 0. The lowest BCUT2D eigenvalue weighted by Gasteiger charge is -2.11. The number of benzene rings is 4. The third-order valence-electron chi connectivity index (χ3n) is 4.31. The Hall–Kier alpha value is -3.12. The molecule has 0 unspecified atom stereocenters. The van der Waals surface area contributed by atoms with Crippen molar-refractivity contribution < 1.29 is 0 Å². The van der Waals surface area contributed by atoms with Crippen molar-refractivity contribution in [3.63, 3.8) is 0 Å². The van der Waals surface area contributed by atoms with Gasteiger partial charge in [0.1, 0.15) is 0 Å². The van der Waals surface area contributed by atoms with Gasteiger partial charge in [-0.25, -0.2) is 0 Å². The second kappa shape index (κ2) is 11.6. The van der Waals surface area contributed by atoms with Crippen LogP contribution in [-0.4, -0.2) is 0 Å². The molecule has 0 bridgehead atoms. The second-order valence-corrected chi connectivity index (χ2v) is 5.85. The van der Waals surface area contributed by atoms with Crippen LogP contribution in [0.5, 0.6) is 0 Å². The summed E-state index contributed by atoms with van der Waals surface area (Å²) in [5, 5.41) is 0. The molecule has 0 fully saturated rings. The largest absolute Gasteiger partial charge is 0.0683 e. The first kappa shape index (κ1) is 21.2. The summed E-state index contributed by atoms with van der Waals surface area (Å²) in [4.78, 5) is 0. The molecule has 0 aliphatic rings. The van der Waals surface area contributed by atoms with Crippen LogP contribution < -0.4 is 0 Å². The number of rotatable bonds is 3. The van der Waals surface area contributed by atoms with Crippen molar-refractivity contribution in [2.75, 3.05) is 0 Å². The van der Waals surface area contributed by atoms with E-state index in [4.69, 9.17) is 0 Å². The summed E-state index contributed by atoms with van der Waals surface area (Å²) < 4.78 is 0. The molecule has 0 spiro atoms. The van der Waals surface area contributed by atoms with Crippen LogP contribution in [0.25, 0.3) is 33.4 Å². The Balaban J connectivity index is 0.000000660. The van der Waals surface area contributed by atoms with Crippen LogP contribution in [0.3, 0.4) is 0 Å². The standard InChI is InChI=1S/C24H18.2C2H6/c1-3-9-19(10-4-1)20-15-17-22(18-16-20)24-14-8-7-13-23(24)21-11-5-2-6-12-21;2*1-2/h1-18H;2*1-2H3. The minimum atomic E-state index is 1.24.